The molecule has 5 N–H and O–H groups in total. The number of nitrogens with zero attached hydrogens (tertiary/aromatic N) is 3. The van der Waals surface area contributed by atoms with Gasteiger partial charge in [0.2, 0.25) is 5.91 Å². The Bertz CT molecular complexity index is 1280. The average Bonchev–Trinajstić information content (AvgIpc) is 3.63. The first-order valence-electron chi connectivity index (χ1n) is 13.0. The summed E-state index contributed by atoms with van der Waals surface area (Å²) in [5, 5.41) is 20.3. The maximum Gasteiger partial charge on any atom is 0.271 e. The Morgan fingerprint density at radius 3 is 2.53 bits per heavy atom. The number of para-hydroxylation sites is 1. The lowest BCUT2D eigenvalue weighted by Gasteiger charge is -2.44. The number of rotatable bonds is 7. The summed E-state index contributed by atoms with van der Waals surface area (Å²) >= 11 is 0. The number of hydrogen-bond donors (Lipinski definition) is 4. The molecule has 0 bridgehead atoms. The van der Waals surface area contributed by atoms with E-state index in [1.807, 2.05) is 12.1 Å². The van der Waals surface area contributed by atoms with Crippen molar-refractivity contribution >= 4 is 29.0 Å². The fourth-order valence-electron chi connectivity index (χ4n) is 4.81. The molecule has 3 fully saturated rings. The Labute approximate surface area is 220 Å². The van der Waals surface area contributed by atoms with Crippen LogP contribution in [0.15, 0.2) is 36.7 Å². The van der Waals surface area contributed by atoms with Gasteiger partial charge in [-0.1, -0.05) is 12.1 Å². The first-order chi connectivity index (χ1) is 18.5. The largest absolute Gasteiger partial charge is 0.494 e. The molecule has 1 spiro atoms. The SMILES string of the molecule is C1CCC2(CCC2)OC1.COc1c(Nc2cc(NC(=O)C3CC3)nnc2C(N)=O)cccc1-c1cn[nH]c1. The molecule has 2 amide bonds. The number of aromatic nitrogens is 4. The normalized spacial score (nSPS) is 17.5. The number of primary amides is 1. The van der Waals surface area contributed by atoms with Crippen molar-refractivity contribution in [3.63, 3.8) is 0 Å². The lowest BCUT2D eigenvalue weighted by atomic mass is 9.75. The van der Waals surface area contributed by atoms with Crippen LogP contribution < -0.4 is 21.1 Å². The number of amides is 2. The van der Waals surface area contributed by atoms with Crippen LogP contribution in [0.3, 0.4) is 0 Å². The van der Waals surface area contributed by atoms with Crippen molar-refractivity contribution in [1.29, 1.82) is 0 Å². The third-order valence-corrected chi connectivity index (χ3v) is 7.22. The van der Waals surface area contributed by atoms with Crippen LogP contribution in [0.4, 0.5) is 17.2 Å². The van der Waals surface area contributed by atoms with Gasteiger partial charge in [0.1, 0.15) is 5.75 Å². The zero-order chi connectivity index (χ0) is 26.5. The molecule has 38 heavy (non-hydrogen) atoms. The van der Waals surface area contributed by atoms with Crippen LogP contribution in [0.5, 0.6) is 5.75 Å². The number of nitrogens with one attached hydrogen (secondary N) is 3. The van der Waals surface area contributed by atoms with Crippen LogP contribution in [0.25, 0.3) is 11.1 Å². The van der Waals surface area contributed by atoms with E-state index >= 15 is 0 Å². The average molecular weight is 520 g/mol. The van der Waals surface area contributed by atoms with E-state index in [2.05, 4.69) is 31.0 Å². The molecular formula is C27H33N7O4. The minimum absolute atomic E-state index is 0.00996. The van der Waals surface area contributed by atoms with E-state index in [0.29, 0.717) is 22.7 Å². The van der Waals surface area contributed by atoms with Crippen LogP contribution in [0.1, 0.15) is 61.9 Å². The number of nitrogens with two attached hydrogens (primary N) is 1. The summed E-state index contributed by atoms with van der Waals surface area (Å²) in [6.07, 6.45) is 13.3. The minimum Gasteiger partial charge on any atom is -0.494 e. The van der Waals surface area contributed by atoms with Gasteiger partial charge in [-0.15, -0.1) is 10.2 Å². The molecule has 0 atom stereocenters. The molecule has 0 radical (unpaired) electrons. The van der Waals surface area contributed by atoms with Crippen molar-refractivity contribution in [2.45, 2.75) is 57.0 Å². The Hall–Kier alpha value is -3.99. The minimum atomic E-state index is -0.745. The van der Waals surface area contributed by atoms with Gasteiger partial charge in [-0.3, -0.25) is 14.7 Å². The Morgan fingerprint density at radius 1 is 1.13 bits per heavy atom. The van der Waals surface area contributed by atoms with E-state index in [0.717, 1.165) is 30.6 Å². The molecule has 3 heterocycles. The second-order valence-corrected chi connectivity index (χ2v) is 9.96. The first-order valence-corrected chi connectivity index (χ1v) is 13.0. The summed E-state index contributed by atoms with van der Waals surface area (Å²) in [4.78, 5) is 23.8. The van der Waals surface area contributed by atoms with Crippen LogP contribution in [-0.2, 0) is 9.53 Å². The molecule has 2 aromatic heterocycles. The van der Waals surface area contributed by atoms with Crippen LogP contribution in [0.2, 0.25) is 0 Å². The number of carbonyl (C=O) groups excluding carboxylic acids is 2. The van der Waals surface area contributed by atoms with E-state index < -0.39 is 5.91 Å². The third kappa shape index (κ3) is 5.77. The van der Waals surface area contributed by atoms with E-state index in [-0.39, 0.29) is 23.3 Å². The number of hydrogen-bond acceptors (Lipinski definition) is 8. The van der Waals surface area contributed by atoms with Gasteiger partial charge < -0.3 is 25.8 Å². The fourth-order valence-corrected chi connectivity index (χ4v) is 4.81. The van der Waals surface area contributed by atoms with Gasteiger partial charge in [0, 0.05) is 35.9 Å². The van der Waals surface area contributed by atoms with Gasteiger partial charge in [-0.25, -0.2) is 0 Å². The van der Waals surface area contributed by atoms with E-state index in [4.69, 9.17) is 15.2 Å². The lowest BCUT2D eigenvalue weighted by molar-refractivity contribution is -0.127. The van der Waals surface area contributed by atoms with Crippen molar-refractivity contribution in [3.8, 4) is 16.9 Å². The van der Waals surface area contributed by atoms with E-state index in [1.165, 1.54) is 44.6 Å². The standard InChI is InChI=1S/C19H19N7O3.C8H14O/c1-29-17-12(11-8-21-22-9-11)3-2-4-13(17)23-14-7-15(24-19(28)10-5-6-10)25-26-16(14)18(20)27;1-2-7-9-8(4-1)5-3-6-8/h2-4,7-10H,5-6H2,1H3,(H2,20,27)(H,21,22)(H2,23,24,25,28);1-7H2. The van der Waals surface area contributed by atoms with Crippen molar-refractivity contribution in [3.05, 3.63) is 42.4 Å². The fraction of sp³-hybridized carbons (Fsp3) is 0.444. The number of benzene rings is 1. The molecule has 1 aliphatic heterocycles. The Balaban J connectivity index is 0.000000273. The molecule has 3 aromatic rings. The summed E-state index contributed by atoms with van der Waals surface area (Å²) in [6, 6.07) is 7.03. The number of ether oxygens (including phenoxy) is 2. The highest BCUT2D eigenvalue weighted by atomic mass is 16.5. The molecule has 6 rings (SSSR count). The predicted octanol–water partition coefficient (Wildman–Crippen LogP) is 4.18. The van der Waals surface area contributed by atoms with Crippen molar-refractivity contribution in [2.75, 3.05) is 24.4 Å². The molecule has 0 unspecified atom stereocenters. The summed E-state index contributed by atoms with van der Waals surface area (Å²) < 4.78 is 11.3. The molecule has 2 aliphatic carbocycles. The Kier molecular flexibility index (Phi) is 7.54. The molecule has 2 saturated carbocycles. The number of methoxy groups -OCH3 is 1. The maximum atomic E-state index is 12.0. The van der Waals surface area contributed by atoms with Crippen molar-refractivity contribution in [1.82, 2.24) is 20.4 Å². The number of carbonyl (C=O) groups is 2. The van der Waals surface area contributed by atoms with Crippen LogP contribution in [0, 0.1) is 5.92 Å². The number of aromatic amines is 1. The zero-order valence-corrected chi connectivity index (χ0v) is 21.5. The van der Waals surface area contributed by atoms with Gasteiger partial charge in [-0.2, -0.15) is 5.10 Å². The number of H-pyrrole nitrogens is 1. The molecule has 11 nitrogen and oxygen atoms in total. The van der Waals surface area contributed by atoms with Gasteiger partial charge in [0.15, 0.2) is 11.5 Å². The van der Waals surface area contributed by atoms with Crippen molar-refractivity contribution in [2.24, 2.45) is 11.7 Å². The van der Waals surface area contributed by atoms with Crippen molar-refractivity contribution < 1.29 is 19.1 Å². The highest BCUT2D eigenvalue weighted by molar-refractivity contribution is 5.99. The maximum absolute atomic E-state index is 12.0. The summed E-state index contributed by atoms with van der Waals surface area (Å²) in [6.45, 7) is 1.03. The monoisotopic (exact) mass is 519 g/mol. The second-order valence-electron chi connectivity index (χ2n) is 9.96. The molecule has 1 aromatic carbocycles. The van der Waals surface area contributed by atoms with Crippen LogP contribution >= 0.6 is 0 Å². The topological polar surface area (TPSA) is 157 Å². The highest BCUT2D eigenvalue weighted by Gasteiger charge is 2.38. The van der Waals surface area contributed by atoms with Gasteiger partial charge in [-0.05, 0) is 57.4 Å². The van der Waals surface area contributed by atoms with E-state index in [9.17, 15) is 9.59 Å². The van der Waals surface area contributed by atoms with E-state index in [1.54, 1.807) is 25.6 Å². The molecule has 11 heteroatoms. The Morgan fingerprint density at radius 2 is 1.95 bits per heavy atom. The summed E-state index contributed by atoms with van der Waals surface area (Å²) in [5.74, 6) is -0.0681. The molecule has 3 aliphatic rings. The summed E-state index contributed by atoms with van der Waals surface area (Å²) in [5.41, 5.74) is 8.33. The lowest BCUT2D eigenvalue weighted by Crippen LogP contribution is -2.42. The van der Waals surface area contributed by atoms with Gasteiger partial charge >= 0.3 is 0 Å². The van der Waals surface area contributed by atoms with Crippen LogP contribution in [-0.4, -0.2) is 51.5 Å². The molecular weight excluding hydrogens is 486 g/mol. The molecule has 1 saturated heterocycles. The first kappa shape index (κ1) is 25.7. The zero-order valence-electron chi connectivity index (χ0n) is 21.5. The predicted molar refractivity (Wildman–Crippen MR) is 142 cm³/mol. The van der Waals surface area contributed by atoms with Gasteiger partial charge in [0.05, 0.1) is 30.3 Å². The number of anilines is 3. The second kappa shape index (κ2) is 11.2. The highest BCUT2D eigenvalue weighted by Crippen LogP contribution is 2.42. The molecule has 200 valence electrons. The summed E-state index contributed by atoms with van der Waals surface area (Å²) in [7, 11) is 1.55. The van der Waals surface area contributed by atoms with Gasteiger partial charge in [0.25, 0.3) is 5.91 Å². The quantitative estimate of drug-likeness (QED) is 0.362. The smallest absolute Gasteiger partial charge is 0.271 e. The third-order valence-electron chi connectivity index (χ3n) is 7.22.